The highest BCUT2D eigenvalue weighted by molar-refractivity contribution is 7.15. The summed E-state index contributed by atoms with van der Waals surface area (Å²) in [5, 5.41) is 6.87. The van der Waals surface area contributed by atoms with E-state index in [1.807, 2.05) is 13.1 Å². The van der Waals surface area contributed by atoms with Crippen molar-refractivity contribution in [3.8, 4) is 0 Å². The first-order valence-corrected chi connectivity index (χ1v) is 8.11. The summed E-state index contributed by atoms with van der Waals surface area (Å²) < 4.78 is 0. The molecule has 1 aromatic rings. The summed E-state index contributed by atoms with van der Waals surface area (Å²) in [5.74, 6) is 0.421. The van der Waals surface area contributed by atoms with Crippen LogP contribution in [0.4, 0.5) is 5.13 Å². The van der Waals surface area contributed by atoms with Crippen LogP contribution in [0, 0.1) is 0 Å². The van der Waals surface area contributed by atoms with E-state index in [4.69, 9.17) is 5.73 Å². The van der Waals surface area contributed by atoms with Crippen LogP contribution in [0.15, 0.2) is 6.20 Å². The molecule has 0 radical (unpaired) electrons. The molecule has 1 fully saturated rings. The number of piperidine rings is 1. The standard InChI is InChI=1S/C14H24N4OS/c1-3-6-14(2,15)12(19)18-13-17-9-11(20-13)10-4-7-16-8-5-10/h9-10,16H,3-8,15H2,1-2H3,(H,17,18,19). The van der Waals surface area contributed by atoms with Crippen LogP contribution in [0.3, 0.4) is 0 Å². The number of hydrogen-bond acceptors (Lipinski definition) is 5. The minimum atomic E-state index is -0.824. The molecule has 0 saturated carbocycles. The van der Waals surface area contributed by atoms with E-state index >= 15 is 0 Å². The monoisotopic (exact) mass is 296 g/mol. The van der Waals surface area contributed by atoms with Gasteiger partial charge in [-0.3, -0.25) is 4.79 Å². The first-order chi connectivity index (χ1) is 9.53. The van der Waals surface area contributed by atoms with Crippen LogP contribution in [0.25, 0.3) is 0 Å². The summed E-state index contributed by atoms with van der Waals surface area (Å²) in [6.07, 6.45) is 5.73. The second kappa shape index (κ2) is 6.65. The molecule has 2 rings (SSSR count). The van der Waals surface area contributed by atoms with Crippen LogP contribution in [0.1, 0.15) is 50.3 Å². The lowest BCUT2D eigenvalue weighted by Gasteiger charge is -2.22. The maximum absolute atomic E-state index is 12.1. The van der Waals surface area contributed by atoms with Crippen LogP contribution in [-0.2, 0) is 4.79 Å². The quantitative estimate of drug-likeness (QED) is 0.777. The van der Waals surface area contributed by atoms with Crippen molar-refractivity contribution in [3.63, 3.8) is 0 Å². The summed E-state index contributed by atoms with van der Waals surface area (Å²) >= 11 is 1.58. The van der Waals surface area contributed by atoms with E-state index in [1.165, 1.54) is 4.88 Å². The van der Waals surface area contributed by atoms with Gasteiger partial charge in [0.05, 0.1) is 5.54 Å². The van der Waals surface area contributed by atoms with Gasteiger partial charge in [0, 0.05) is 11.1 Å². The maximum Gasteiger partial charge on any atom is 0.245 e. The molecule has 1 aliphatic heterocycles. The van der Waals surface area contributed by atoms with Crippen molar-refractivity contribution >= 4 is 22.4 Å². The van der Waals surface area contributed by atoms with Crippen LogP contribution < -0.4 is 16.4 Å². The molecule has 112 valence electrons. The number of hydrogen-bond donors (Lipinski definition) is 3. The molecule has 4 N–H and O–H groups in total. The van der Waals surface area contributed by atoms with Gasteiger partial charge in [0.15, 0.2) is 5.13 Å². The zero-order valence-electron chi connectivity index (χ0n) is 12.2. The zero-order chi connectivity index (χ0) is 14.6. The predicted molar refractivity (Wildman–Crippen MR) is 83.1 cm³/mol. The van der Waals surface area contributed by atoms with E-state index in [0.29, 0.717) is 17.5 Å². The summed E-state index contributed by atoms with van der Waals surface area (Å²) in [6, 6.07) is 0. The van der Waals surface area contributed by atoms with Gasteiger partial charge in [0.25, 0.3) is 0 Å². The lowest BCUT2D eigenvalue weighted by atomic mass is 9.97. The summed E-state index contributed by atoms with van der Waals surface area (Å²) in [6.45, 7) is 5.91. The third kappa shape index (κ3) is 3.77. The van der Waals surface area contributed by atoms with E-state index in [0.717, 1.165) is 32.4 Å². The number of carbonyl (C=O) groups excluding carboxylic acids is 1. The fraction of sp³-hybridized carbons (Fsp3) is 0.714. The number of carbonyl (C=O) groups is 1. The Bertz CT molecular complexity index is 452. The van der Waals surface area contributed by atoms with Crippen LogP contribution in [0.5, 0.6) is 0 Å². The Morgan fingerprint density at radius 2 is 2.30 bits per heavy atom. The lowest BCUT2D eigenvalue weighted by molar-refractivity contribution is -0.120. The van der Waals surface area contributed by atoms with Crippen molar-refractivity contribution in [2.45, 2.75) is 51.0 Å². The number of rotatable bonds is 5. The Labute approximate surface area is 124 Å². The SMILES string of the molecule is CCCC(C)(N)C(=O)Nc1ncc(C2CCNCC2)s1. The fourth-order valence-corrected chi connectivity index (χ4v) is 3.49. The fourth-order valence-electron chi connectivity index (χ4n) is 2.51. The molecule has 0 aromatic carbocycles. The molecular formula is C14H24N4OS. The zero-order valence-corrected chi connectivity index (χ0v) is 13.1. The highest BCUT2D eigenvalue weighted by Crippen LogP contribution is 2.31. The summed E-state index contributed by atoms with van der Waals surface area (Å²) in [7, 11) is 0. The second-order valence-corrected chi connectivity index (χ2v) is 6.78. The Morgan fingerprint density at radius 1 is 1.60 bits per heavy atom. The second-order valence-electron chi connectivity index (χ2n) is 5.71. The Hall–Kier alpha value is -0.980. The first-order valence-electron chi connectivity index (χ1n) is 7.29. The highest BCUT2D eigenvalue weighted by atomic mass is 32.1. The summed E-state index contributed by atoms with van der Waals surface area (Å²) in [5.41, 5.74) is 5.20. The maximum atomic E-state index is 12.1. The molecule has 6 heteroatoms. The Morgan fingerprint density at radius 3 is 2.95 bits per heavy atom. The normalized spacial score (nSPS) is 19.6. The average molecular weight is 296 g/mol. The number of aromatic nitrogens is 1. The third-order valence-corrected chi connectivity index (χ3v) is 4.85. The highest BCUT2D eigenvalue weighted by Gasteiger charge is 2.28. The molecule has 1 amide bonds. The largest absolute Gasteiger partial charge is 0.318 e. The average Bonchev–Trinajstić information content (AvgIpc) is 2.88. The van der Waals surface area contributed by atoms with Gasteiger partial charge in [0.2, 0.25) is 5.91 Å². The van der Waals surface area contributed by atoms with E-state index in [-0.39, 0.29) is 5.91 Å². The lowest BCUT2D eigenvalue weighted by Crippen LogP contribution is -2.48. The molecule has 5 nitrogen and oxygen atoms in total. The molecular weight excluding hydrogens is 272 g/mol. The minimum Gasteiger partial charge on any atom is -0.318 e. The number of nitrogens with zero attached hydrogens (tertiary/aromatic N) is 1. The van der Waals surface area contributed by atoms with Gasteiger partial charge in [-0.1, -0.05) is 13.3 Å². The Kier molecular flexibility index (Phi) is 5.12. The number of anilines is 1. The molecule has 1 aliphatic rings. The minimum absolute atomic E-state index is 0.148. The van der Waals surface area contributed by atoms with E-state index in [9.17, 15) is 4.79 Å². The van der Waals surface area contributed by atoms with E-state index in [1.54, 1.807) is 18.3 Å². The molecule has 0 aliphatic carbocycles. The van der Waals surface area contributed by atoms with Gasteiger partial charge in [-0.25, -0.2) is 4.98 Å². The Balaban J connectivity index is 1.97. The topological polar surface area (TPSA) is 80.0 Å². The predicted octanol–water partition coefficient (Wildman–Crippen LogP) is 2.07. The van der Waals surface area contributed by atoms with E-state index in [2.05, 4.69) is 15.6 Å². The van der Waals surface area contributed by atoms with Crippen molar-refractivity contribution in [3.05, 3.63) is 11.1 Å². The van der Waals surface area contributed by atoms with Crippen molar-refractivity contribution in [2.24, 2.45) is 5.73 Å². The third-order valence-electron chi connectivity index (χ3n) is 3.77. The van der Waals surface area contributed by atoms with Gasteiger partial charge >= 0.3 is 0 Å². The van der Waals surface area contributed by atoms with Gasteiger partial charge in [-0.2, -0.15) is 0 Å². The first kappa shape index (κ1) is 15.4. The van der Waals surface area contributed by atoms with Gasteiger partial charge in [-0.05, 0) is 45.2 Å². The van der Waals surface area contributed by atoms with Gasteiger partial charge in [-0.15, -0.1) is 11.3 Å². The molecule has 2 heterocycles. The molecule has 1 unspecified atom stereocenters. The van der Waals surface area contributed by atoms with Crippen molar-refractivity contribution < 1.29 is 4.79 Å². The van der Waals surface area contributed by atoms with Crippen LogP contribution in [0.2, 0.25) is 0 Å². The molecule has 0 bridgehead atoms. The number of nitrogens with two attached hydrogens (primary N) is 1. The van der Waals surface area contributed by atoms with Crippen LogP contribution in [-0.4, -0.2) is 29.5 Å². The van der Waals surface area contributed by atoms with Gasteiger partial charge in [0.1, 0.15) is 0 Å². The number of amides is 1. The van der Waals surface area contributed by atoms with Crippen molar-refractivity contribution in [1.82, 2.24) is 10.3 Å². The smallest absolute Gasteiger partial charge is 0.245 e. The molecule has 0 spiro atoms. The number of nitrogens with one attached hydrogen (secondary N) is 2. The van der Waals surface area contributed by atoms with E-state index < -0.39 is 5.54 Å². The van der Waals surface area contributed by atoms with Crippen molar-refractivity contribution in [1.29, 1.82) is 0 Å². The molecule has 1 aromatic heterocycles. The number of thiazole rings is 1. The molecule has 1 atom stereocenters. The van der Waals surface area contributed by atoms with Gasteiger partial charge < -0.3 is 16.4 Å². The van der Waals surface area contributed by atoms with Crippen LogP contribution >= 0.6 is 11.3 Å². The molecule has 20 heavy (non-hydrogen) atoms. The molecule has 1 saturated heterocycles. The summed E-state index contributed by atoms with van der Waals surface area (Å²) in [4.78, 5) is 17.7. The van der Waals surface area contributed by atoms with Crippen molar-refractivity contribution in [2.75, 3.05) is 18.4 Å².